The SMILES string of the molecule is [2H]C([2H])([2H])c1nc2cc3c([c-]c2n1-c1cccc(-c2ccccn2)n1)n(-c1[c-]cccc1)c(=O)n3-c1ccccc1.[Pt+2]. The first-order valence-electron chi connectivity index (χ1n) is 13.4. The third-order valence-corrected chi connectivity index (χ3v) is 6.34. The molecule has 0 saturated carbocycles. The number of aromatic nitrogens is 6. The van der Waals surface area contributed by atoms with E-state index in [2.05, 4.69) is 22.1 Å². The summed E-state index contributed by atoms with van der Waals surface area (Å²) in [6.07, 6.45) is 1.67. The third kappa shape index (κ3) is 4.12. The molecule has 39 heavy (non-hydrogen) atoms. The van der Waals surface area contributed by atoms with E-state index in [1.807, 2.05) is 66.7 Å². The van der Waals surface area contributed by atoms with Crippen LogP contribution in [0.25, 0.3) is 50.6 Å². The number of imidazole rings is 2. The monoisotopic (exact) mass is 690 g/mol. The number of nitrogens with zero attached hydrogens (tertiary/aromatic N) is 6. The molecule has 4 heterocycles. The maximum absolute atomic E-state index is 13.9. The maximum atomic E-state index is 13.9. The van der Waals surface area contributed by atoms with Crippen LogP contribution in [-0.2, 0) is 21.1 Å². The van der Waals surface area contributed by atoms with Crippen LogP contribution in [0, 0.1) is 19.0 Å². The van der Waals surface area contributed by atoms with Gasteiger partial charge in [0, 0.05) is 16.0 Å². The second-order valence-electron chi connectivity index (χ2n) is 8.64. The number of pyridine rings is 2. The van der Waals surface area contributed by atoms with Gasteiger partial charge in [0.2, 0.25) is 0 Å². The Hall–Kier alpha value is -4.61. The van der Waals surface area contributed by atoms with E-state index in [1.165, 1.54) is 9.13 Å². The fourth-order valence-electron chi connectivity index (χ4n) is 4.67. The van der Waals surface area contributed by atoms with Crippen molar-refractivity contribution in [3.8, 4) is 28.6 Å². The molecule has 0 bridgehead atoms. The Balaban J connectivity index is 0.00000316. The molecule has 7 nitrogen and oxygen atoms in total. The molecule has 3 aromatic carbocycles. The van der Waals surface area contributed by atoms with E-state index in [4.69, 9.17) is 9.10 Å². The first-order chi connectivity index (χ1) is 19.9. The minimum atomic E-state index is -2.55. The summed E-state index contributed by atoms with van der Waals surface area (Å²) in [5.41, 5.74) is 3.83. The first-order valence-corrected chi connectivity index (χ1v) is 11.9. The van der Waals surface area contributed by atoms with Crippen molar-refractivity contribution in [2.45, 2.75) is 6.85 Å². The average Bonchev–Trinajstić information content (AvgIpc) is 3.51. The van der Waals surface area contributed by atoms with Crippen LogP contribution in [0.4, 0.5) is 0 Å². The molecule has 7 rings (SSSR count). The van der Waals surface area contributed by atoms with E-state index in [9.17, 15) is 4.79 Å². The Morgan fingerprint density at radius 2 is 1.62 bits per heavy atom. The first kappa shape index (κ1) is 21.3. The molecular weight excluding hydrogens is 667 g/mol. The van der Waals surface area contributed by atoms with E-state index in [0.29, 0.717) is 50.6 Å². The molecule has 0 aliphatic heterocycles. The Labute approximate surface area is 242 Å². The van der Waals surface area contributed by atoms with Crippen LogP contribution in [-0.4, -0.2) is 28.7 Å². The molecule has 190 valence electrons. The summed E-state index contributed by atoms with van der Waals surface area (Å²) in [4.78, 5) is 27.6. The molecular formula is C31H20N6OPt. The van der Waals surface area contributed by atoms with Gasteiger partial charge in [-0.1, -0.05) is 36.0 Å². The van der Waals surface area contributed by atoms with Crippen LogP contribution in [0.15, 0.2) is 108 Å². The van der Waals surface area contributed by atoms with Crippen molar-refractivity contribution in [3.05, 3.63) is 132 Å². The molecule has 0 amide bonds. The topological polar surface area (TPSA) is 70.5 Å². The minimum Gasteiger partial charge on any atom is -0.315 e. The van der Waals surface area contributed by atoms with Crippen molar-refractivity contribution in [1.82, 2.24) is 28.7 Å². The van der Waals surface area contributed by atoms with Crippen molar-refractivity contribution >= 4 is 22.1 Å². The van der Waals surface area contributed by atoms with Crippen LogP contribution >= 0.6 is 0 Å². The summed E-state index contributed by atoms with van der Waals surface area (Å²) in [7, 11) is 0. The van der Waals surface area contributed by atoms with Crippen LogP contribution < -0.4 is 5.69 Å². The molecule has 0 atom stereocenters. The van der Waals surface area contributed by atoms with Gasteiger partial charge in [-0.15, -0.1) is 18.2 Å². The number of hydrogen-bond acceptors (Lipinski definition) is 4. The van der Waals surface area contributed by atoms with Gasteiger partial charge in [0.05, 0.1) is 17.2 Å². The molecule has 0 aliphatic rings. The summed E-state index contributed by atoms with van der Waals surface area (Å²) < 4.78 is 29.4. The average molecular weight is 691 g/mol. The predicted octanol–water partition coefficient (Wildman–Crippen LogP) is 5.48. The van der Waals surface area contributed by atoms with Crippen LogP contribution in [0.5, 0.6) is 0 Å². The van der Waals surface area contributed by atoms with E-state index in [-0.39, 0.29) is 32.6 Å². The number of aryl methyl sites for hydroxylation is 1. The van der Waals surface area contributed by atoms with Crippen LogP contribution in [0.3, 0.4) is 0 Å². The molecule has 0 aliphatic carbocycles. The Morgan fingerprint density at radius 3 is 2.38 bits per heavy atom. The Morgan fingerprint density at radius 1 is 0.795 bits per heavy atom. The molecule has 7 aromatic rings. The van der Waals surface area contributed by atoms with Crippen LogP contribution in [0.2, 0.25) is 0 Å². The number of hydrogen-bond donors (Lipinski definition) is 0. The molecule has 8 heteroatoms. The van der Waals surface area contributed by atoms with E-state index in [1.54, 1.807) is 41.1 Å². The van der Waals surface area contributed by atoms with Crippen molar-refractivity contribution in [1.29, 1.82) is 0 Å². The predicted molar refractivity (Wildman–Crippen MR) is 147 cm³/mol. The van der Waals surface area contributed by atoms with Gasteiger partial charge in [-0.3, -0.25) is 9.97 Å². The number of fused-ring (bicyclic) bond motifs is 2. The maximum Gasteiger partial charge on any atom is 2.00 e. The van der Waals surface area contributed by atoms with Gasteiger partial charge in [0.25, 0.3) is 0 Å². The van der Waals surface area contributed by atoms with Crippen LogP contribution in [0.1, 0.15) is 9.94 Å². The molecule has 0 fully saturated rings. The number of rotatable bonds is 4. The smallest absolute Gasteiger partial charge is 0.315 e. The van der Waals surface area contributed by atoms with Gasteiger partial charge < -0.3 is 13.7 Å². The quantitative estimate of drug-likeness (QED) is 0.230. The van der Waals surface area contributed by atoms with Gasteiger partial charge in [0.1, 0.15) is 5.82 Å². The van der Waals surface area contributed by atoms with E-state index in [0.717, 1.165) is 0 Å². The van der Waals surface area contributed by atoms with Gasteiger partial charge in [-0.2, -0.15) is 24.3 Å². The Bertz CT molecular complexity index is 2100. The zero-order valence-corrected chi connectivity index (χ0v) is 22.5. The van der Waals surface area contributed by atoms with E-state index < -0.39 is 6.85 Å². The second-order valence-corrected chi connectivity index (χ2v) is 8.64. The minimum absolute atomic E-state index is 0. The third-order valence-electron chi connectivity index (χ3n) is 6.34. The van der Waals surface area contributed by atoms with Crippen molar-refractivity contribution in [2.75, 3.05) is 0 Å². The van der Waals surface area contributed by atoms with Gasteiger partial charge >= 0.3 is 26.8 Å². The van der Waals surface area contributed by atoms with Crippen molar-refractivity contribution in [3.63, 3.8) is 0 Å². The molecule has 0 unspecified atom stereocenters. The van der Waals surface area contributed by atoms with Gasteiger partial charge in [-0.05, 0) is 65.3 Å². The zero-order valence-electron chi connectivity index (χ0n) is 23.2. The fraction of sp³-hybridized carbons (Fsp3) is 0.0323. The molecule has 0 N–H and O–H groups in total. The Kier molecular flexibility index (Phi) is 5.43. The van der Waals surface area contributed by atoms with Crippen molar-refractivity contribution < 1.29 is 25.2 Å². The summed E-state index contributed by atoms with van der Waals surface area (Å²) in [6.45, 7) is -2.55. The van der Waals surface area contributed by atoms with Crippen molar-refractivity contribution in [2.24, 2.45) is 0 Å². The number of benzene rings is 3. The summed E-state index contributed by atoms with van der Waals surface area (Å²) in [5.74, 6) is 0.188. The summed E-state index contributed by atoms with van der Waals surface area (Å²) in [6, 6.07) is 35.4. The zero-order chi connectivity index (χ0) is 28.1. The molecule has 4 aromatic heterocycles. The molecule has 0 spiro atoms. The second kappa shape index (κ2) is 9.93. The normalized spacial score (nSPS) is 12.6. The standard InChI is InChI=1S/C31H20N6O.Pt/c1-21-33-26-19-28-29(20-27(26)35(21)30-17-10-16-25(34-30)24-15-8-9-18-32-24)37(23-13-6-3-7-14-23)31(38)36(28)22-11-4-2-5-12-22;/h2-13,15-19H,1H3;/q-2;+2/i1D3;. The molecule has 0 radical (unpaired) electrons. The largest absolute Gasteiger partial charge is 2.00 e. The fourth-order valence-corrected chi connectivity index (χ4v) is 4.67. The summed E-state index contributed by atoms with van der Waals surface area (Å²) in [5, 5.41) is 0. The van der Waals surface area contributed by atoms with Gasteiger partial charge in [0.15, 0.2) is 0 Å². The molecule has 0 saturated heterocycles. The number of para-hydroxylation sites is 2. The summed E-state index contributed by atoms with van der Waals surface area (Å²) >= 11 is 0. The van der Waals surface area contributed by atoms with Gasteiger partial charge in [-0.25, -0.2) is 9.78 Å². The van der Waals surface area contributed by atoms with E-state index >= 15 is 0 Å².